The van der Waals surface area contributed by atoms with Crippen LogP contribution in [0.4, 0.5) is 11.4 Å². The maximum Gasteiger partial charge on any atom is 0.341 e. The van der Waals surface area contributed by atoms with Gasteiger partial charge in [-0.25, -0.2) is 4.79 Å². The number of carbonyl (C=O) groups excluding carboxylic acids is 2. The molecule has 3 N–H and O–H groups in total. The van der Waals surface area contributed by atoms with Gasteiger partial charge < -0.3 is 20.5 Å². The quantitative estimate of drug-likeness (QED) is 0.364. The summed E-state index contributed by atoms with van der Waals surface area (Å²) in [6.07, 6.45) is 3.97. The molecule has 1 aromatic rings. The Hall–Kier alpha value is -2.68. The standard InChI is InChI=1S/C16H21N3O6/c20-8-7-17-14-6-5-12(19(23)24)9-13(14)16(22)25-10-15(21)18-11-3-1-2-4-11/h5-6,9,11,17,20H,1-4,7-8,10H2,(H,18,21). The molecule has 0 unspecified atom stereocenters. The van der Waals surface area contributed by atoms with E-state index in [0.29, 0.717) is 5.69 Å². The molecular formula is C16H21N3O6. The highest BCUT2D eigenvalue weighted by atomic mass is 16.6. The second kappa shape index (κ2) is 8.97. The number of esters is 1. The molecule has 9 heteroatoms. The topological polar surface area (TPSA) is 131 Å². The van der Waals surface area contributed by atoms with E-state index >= 15 is 0 Å². The number of benzene rings is 1. The first-order valence-corrected chi connectivity index (χ1v) is 8.11. The third-order valence-corrected chi connectivity index (χ3v) is 3.92. The van der Waals surface area contributed by atoms with E-state index in [1.807, 2.05) is 0 Å². The largest absolute Gasteiger partial charge is 0.452 e. The van der Waals surface area contributed by atoms with Gasteiger partial charge in [-0.15, -0.1) is 0 Å². The summed E-state index contributed by atoms with van der Waals surface area (Å²) >= 11 is 0. The Morgan fingerprint density at radius 1 is 1.32 bits per heavy atom. The number of hydrogen-bond acceptors (Lipinski definition) is 7. The lowest BCUT2D eigenvalue weighted by atomic mass is 10.1. The second-order valence-electron chi connectivity index (χ2n) is 5.76. The molecule has 1 amide bonds. The molecule has 0 aromatic heterocycles. The Labute approximate surface area is 144 Å². The maximum absolute atomic E-state index is 12.2. The predicted molar refractivity (Wildman–Crippen MR) is 89.4 cm³/mol. The summed E-state index contributed by atoms with van der Waals surface area (Å²) < 4.78 is 4.98. The van der Waals surface area contributed by atoms with Crippen molar-refractivity contribution in [2.45, 2.75) is 31.7 Å². The number of ether oxygens (including phenoxy) is 1. The number of hydrogen-bond donors (Lipinski definition) is 3. The molecule has 136 valence electrons. The van der Waals surface area contributed by atoms with E-state index in [1.54, 1.807) is 0 Å². The predicted octanol–water partition coefficient (Wildman–Crippen LogP) is 1.21. The highest BCUT2D eigenvalue weighted by molar-refractivity contribution is 5.97. The van der Waals surface area contributed by atoms with Crippen LogP contribution in [0.25, 0.3) is 0 Å². The SMILES string of the molecule is O=C(COC(=O)c1cc([N+](=O)[O-])ccc1NCCO)NC1CCCC1. The highest BCUT2D eigenvalue weighted by Crippen LogP contribution is 2.23. The Morgan fingerprint density at radius 3 is 2.68 bits per heavy atom. The van der Waals surface area contributed by atoms with Crippen molar-refractivity contribution in [3.63, 3.8) is 0 Å². The molecule has 0 spiro atoms. The summed E-state index contributed by atoms with van der Waals surface area (Å²) in [6, 6.07) is 3.80. The number of anilines is 1. The fourth-order valence-electron chi connectivity index (χ4n) is 2.71. The Kier molecular flexibility index (Phi) is 6.70. The lowest BCUT2D eigenvalue weighted by Crippen LogP contribution is -2.36. The molecule has 0 atom stereocenters. The first-order chi connectivity index (χ1) is 12.0. The Bertz CT molecular complexity index is 643. The number of amides is 1. The minimum atomic E-state index is -0.842. The molecule has 1 aromatic carbocycles. The normalized spacial score (nSPS) is 14.1. The minimum absolute atomic E-state index is 0.0590. The van der Waals surface area contributed by atoms with Gasteiger partial charge in [-0.2, -0.15) is 0 Å². The number of nitro benzene ring substituents is 1. The number of rotatable bonds is 8. The van der Waals surface area contributed by atoms with Crippen LogP contribution in [-0.2, 0) is 9.53 Å². The number of nitro groups is 1. The highest BCUT2D eigenvalue weighted by Gasteiger charge is 2.21. The van der Waals surface area contributed by atoms with Crippen molar-refractivity contribution >= 4 is 23.3 Å². The van der Waals surface area contributed by atoms with Gasteiger partial charge >= 0.3 is 5.97 Å². The Balaban J connectivity index is 2.01. The molecule has 25 heavy (non-hydrogen) atoms. The lowest BCUT2D eigenvalue weighted by molar-refractivity contribution is -0.384. The minimum Gasteiger partial charge on any atom is -0.452 e. The zero-order valence-corrected chi connectivity index (χ0v) is 13.7. The summed E-state index contributed by atoms with van der Waals surface area (Å²) in [5, 5.41) is 25.3. The second-order valence-corrected chi connectivity index (χ2v) is 5.76. The molecule has 0 heterocycles. The fourth-order valence-corrected chi connectivity index (χ4v) is 2.71. The number of nitrogens with one attached hydrogen (secondary N) is 2. The van der Waals surface area contributed by atoms with E-state index in [4.69, 9.17) is 9.84 Å². The van der Waals surface area contributed by atoms with E-state index in [9.17, 15) is 19.7 Å². The van der Waals surface area contributed by atoms with Gasteiger partial charge in [0.15, 0.2) is 6.61 Å². The Morgan fingerprint density at radius 2 is 2.04 bits per heavy atom. The van der Waals surface area contributed by atoms with Crippen molar-refractivity contribution in [2.75, 3.05) is 25.1 Å². The molecule has 9 nitrogen and oxygen atoms in total. The number of non-ortho nitro benzene ring substituents is 1. The third kappa shape index (κ3) is 5.42. The molecular weight excluding hydrogens is 330 g/mol. The molecule has 0 saturated heterocycles. The molecule has 2 rings (SSSR count). The van der Waals surface area contributed by atoms with Crippen LogP contribution in [0.1, 0.15) is 36.0 Å². The van der Waals surface area contributed by atoms with Gasteiger partial charge in [-0.3, -0.25) is 14.9 Å². The summed E-state index contributed by atoms with van der Waals surface area (Å²) in [6.45, 7) is -0.451. The van der Waals surface area contributed by atoms with Crippen LogP contribution in [-0.4, -0.2) is 47.7 Å². The van der Waals surface area contributed by atoms with E-state index in [-0.39, 0.29) is 30.4 Å². The molecule has 1 fully saturated rings. The zero-order chi connectivity index (χ0) is 18.2. The van der Waals surface area contributed by atoms with Crippen LogP contribution in [0, 0.1) is 10.1 Å². The van der Waals surface area contributed by atoms with Crippen molar-refractivity contribution in [3.8, 4) is 0 Å². The summed E-state index contributed by atoms with van der Waals surface area (Å²) in [7, 11) is 0. The summed E-state index contributed by atoms with van der Waals surface area (Å²) in [5.74, 6) is -1.23. The first-order valence-electron chi connectivity index (χ1n) is 8.11. The molecule has 1 saturated carbocycles. The van der Waals surface area contributed by atoms with Gasteiger partial charge in [-0.1, -0.05) is 12.8 Å². The van der Waals surface area contributed by atoms with Gasteiger partial charge in [0, 0.05) is 30.4 Å². The van der Waals surface area contributed by atoms with Crippen LogP contribution in [0.15, 0.2) is 18.2 Å². The molecule has 1 aliphatic carbocycles. The zero-order valence-electron chi connectivity index (χ0n) is 13.7. The van der Waals surface area contributed by atoms with Gasteiger partial charge in [0.2, 0.25) is 0 Å². The van der Waals surface area contributed by atoms with E-state index in [0.717, 1.165) is 31.7 Å². The molecule has 1 aliphatic rings. The number of aliphatic hydroxyl groups is 1. The maximum atomic E-state index is 12.2. The van der Waals surface area contributed by atoms with Gasteiger partial charge in [0.05, 0.1) is 17.1 Å². The smallest absolute Gasteiger partial charge is 0.341 e. The summed E-state index contributed by atoms with van der Waals surface area (Å²) in [4.78, 5) is 34.3. The third-order valence-electron chi connectivity index (χ3n) is 3.92. The number of nitrogens with zero attached hydrogens (tertiary/aromatic N) is 1. The van der Waals surface area contributed by atoms with Gasteiger partial charge in [0.1, 0.15) is 0 Å². The molecule has 0 aliphatic heterocycles. The van der Waals surface area contributed by atoms with Crippen molar-refractivity contribution in [2.24, 2.45) is 0 Å². The average Bonchev–Trinajstić information content (AvgIpc) is 3.10. The first kappa shape index (κ1) is 18.7. The van der Waals surface area contributed by atoms with E-state index < -0.39 is 23.4 Å². The molecule has 0 bridgehead atoms. The summed E-state index contributed by atoms with van der Waals surface area (Å²) in [5.41, 5.74) is -0.0333. The lowest BCUT2D eigenvalue weighted by Gasteiger charge is -2.13. The fraction of sp³-hybridized carbons (Fsp3) is 0.500. The van der Waals surface area contributed by atoms with Crippen molar-refractivity contribution < 1.29 is 24.4 Å². The van der Waals surface area contributed by atoms with Crippen LogP contribution in [0.3, 0.4) is 0 Å². The molecule has 0 radical (unpaired) electrons. The van der Waals surface area contributed by atoms with Crippen LogP contribution in [0.2, 0.25) is 0 Å². The van der Waals surface area contributed by atoms with Crippen molar-refractivity contribution in [3.05, 3.63) is 33.9 Å². The van der Waals surface area contributed by atoms with Crippen LogP contribution < -0.4 is 10.6 Å². The van der Waals surface area contributed by atoms with Crippen molar-refractivity contribution in [1.82, 2.24) is 5.32 Å². The number of carbonyl (C=O) groups is 2. The van der Waals surface area contributed by atoms with E-state index in [2.05, 4.69) is 10.6 Å². The average molecular weight is 351 g/mol. The number of aliphatic hydroxyl groups excluding tert-OH is 1. The monoisotopic (exact) mass is 351 g/mol. The van der Waals surface area contributed by atoms with Gasteiger partial charge in [-0.05, 0) is 18.9 Å². The van der Waals surface area contributed by atoms with Gasteiger partial charge in [0.25, 0.3) is 11.6 Å². The van der Waals surface area contributed by atoms with Crippen molar-refractivity contribution in [1.29, 1.82) is 0 Å². The van der Waals surface area contributed by atoms with Crippen LogP contribution in [0.5, 0.6) is 0 Å². The van der Waals surface area contributed by atoms with E-state index in [1.165, 1.54) is 12.1 Å². The van der Waals surface area contributed by atoms with Crippen LogP contribution >= 0.6 is 0 Å².